The van der Waals surface area contributed by atoms with Gasteiger partial charge in [0.05, 0.1) is 6.10 Å². The molecule has 0 aromatic heterocycles. The van der Waals surface area contributed by atoms with E-state index in [1.807, 2.05) is 18.2 Å². The molecule has 1 aromatic rings. The van der Waals surface area contributed by atoms with Crippen LogP contribution in [0.3, 0.4) is 0 Å². The lowest BCUT2D eigenvalue weighted by atomic mass is 10.2. The highest BCUT2D eigenvalue weighted by molar-refractivity contribution is 5.77. The summed E-state index contributed by atoms with van der Waals surface area (Å²) in [6, 6.07) is 7.30. The standard InChI is InChI=1S/C12H18N2O3/c1-9(15)7-14-12(16)8-17-11-5-3-2-4-10(11)6-13/h2-5,9,15H,6-8,13H2,1H3,(H,14,16)/t9-/m1/s1. The summed E-state index contributed by atoms with van der Waals surface area (Å²) in [5.41, 5.74) is 6.40. The van der Waals surface area contributed by atoms with E-state index in [-0.39, 0.29) is 19.1 Å². The smallest absolute Gasteiger partial charge is 0.258 e. The van der Waals surface area contributed by atoms with Crippen molar-refractivity contribution in [2.75, 3.05) is 13.2 Å². The van der Waals surface area contributed by atoms with E-state index in [1.54, 1.807) is 13.0 Å². The first kappa shape index (κ1) is 13.5. The molecule has 0 radical (unpaired) electrons. The van der Waals surface area contributed by atoms with Gasteiger partial charge in [-0.15, -0.1) is 0 Å². The molecule has 1 aromatic carbocycles. The number of benzene rings is 1. The zero-order valence-corrected chi connectivity index (χ0v) is 9.85. The van der Waals surface area contributed by atoms with Gasteiger partial charge in [0.25, 0.3) is 5.91 Å². The Morgan fingerprint density at radius 2 is 2.24 bits per heavy atom. The van der Waals surface area contributed by atoms with Crippen LogP contribution < -0.4 is 15.8 Å². The van der Waals surface area contributed by atoms with Gasteiger partial charge in [-0.3, -0.25) is 4.79 Å². The van der Waals surface area contributed by atoms with Crippen molar-refractivity contribution < 1.29 is 14.6 Å². The molecule has 1 rings (SSSR count). The Morgan fingerprint density at radius 3 is 2.88 bits per heavy atom. The molecular weight excluding hydrogens is 220 g/mol. The molecule has 1 amide bonds. The van der Waals surface area contributed by atoms with Crippen LogP contribution in [0.15, 0.2) is 24.3 Å². The number of rotatable bonds is 6. The molecule has 0 saturated heterocycles. The van der Waals surface area contributed by atoms with Crippen molar-refractivity contribution >= 4 is 5.91 Å². The van der Waals surface area contributed by atoms with E-state index in [0.29, 0.717) is 12.3 Å². The van der Waals surface area contributed by atoms with Gasteiger partial charge >= 0.3 is 0 Å². The number of carbonyl (C=O) groups excluding carboxylic acids is 1. The van der Waals surface area contributed by atoms with Gasteiger partial charge in [-0.2, -0.15) is 0 Å². The quantitative estimate of drug-likeness (QED) is 0.652. The molecule has 0 unspecified atom stereocenters. The van der Waals surface area contributed by atoms with E-state index < -0.39 is 6.10 Å². The summed E-state index contributed by atoms with van der Waals surface area (Å²) in [4.78, 5) is 11.3. The molecule has 0 aliphatic heterocycles. The number of nitrogens with one attached hydrogen (secondary N) is 1. The maximum absolute atomic E-state index is 11.3. The number of aliphatic hydroxyl groups excluding tert-OH is 1. The first-order valence-corrected chi connectivity index (χ1v) is 5.49. The number of amides is 1. The molecule has 0 spiro atoms. The van der Waals surface area contributed by atoms with Gasteiger partial charge < -0.3 is 20.9 Å². The van der Waals surface area contributed by atoms with Crippen molar-refractivity contribution in [3.8, 4) is 5.75 Å². The molecule has 0 saturated carbocycles. The largest absolute Gasteiger partial charge is 0.483 e. The zero-order chi connectivity index (χ0) is 12.7. The second-order valence-electron chi connectivity index (χ2n) is 3.75. The van der Waals surface area contributed by atoms with Crippen molar-refractivity contribution in [1.82, 2.24) is 5.32 Å². The molecule has 0 aliphatic carbocycles. The molecule has 0 aliphatic rings. The zero-order valence-electron chi connectivity index (χ0n) is 9.85. The lowest BCUT2D eigenvalue weighted by molar-refractivity contribution is -0.123. The van der Waals surface area contributed by atoms with Crippen LogP contribution in [0.2, 0.25) is 0 Å². The van der Waals surface area contributed by atoms with Crippen molar-refractivity contribution in [3.63, 3.8) is 0 Å². The highest BCUT2D eigenvalue weighted by Crippen LogP contribution is 2.16. The summed E-state index contributed by atoms with van der Waals surface area (Å²) in [5.74, 6) is 0.347. The Balaban J connectivity index is 2.42. The fourth-order valence-corrected chi connectivity index (χ4v) is 1.27. The molecule has 17 heavy (non-hydrogen) atoms. The van der Waals surface area contributed by atoms with E-state index in [9.17, 15) is 4.79 Å². The molecule has 5 nitrogen and oxygen atoms in total. The van der Waals surface area contributed by atoms with Crippen molar-refractivity contribution in [2.24, 2.45) is 5.73 Å². The first-order valence-electron chi connectivity index (χ1n) is 5.49. The molecule has 5 heteroatoms. The van der Waals surface area contributed by atoms with Crippen molar-refractivity contribution in [3.05, 3.63) is 29.8 Å². The van der Waals surface area contributed by atoms with Crippen LogP contribution in [0.25, 0.3) is 0 Å². The monoisotopic (exact) mass is 238 g/mol. The summed E-state index contributed by atoms with van der Waals surface area (Å²) >= 11 is 0. The highest BCUT2D eigenvalue weighted by atomic mass is 16.5. The van der Waals surface area contributed by atoms with E-state index in [4.69, 9.17) is 15.6 Å². The van der Waals surface area contributed by atoms with Crippen LogP contribution in [0, 0.1) is 0 Å². The van der Waals surface area contributed by atoms with Crippen LogP contribution in [-0.2, 0) is 11.3 Å². The van der Waals surface area contributed by atoms with Gasteiger partial charge in [-0.05, 0) is 13.0 Å². The number of para-hydroxylation sites is 1. The second-order valence-corrected chi connectivity index (χ2v) is 3.75. The predicted molar refractivity (Wildman–Crippen MR) is 64.5 cm³/mol. The lowest BCUT2D eigenvalue weighted by Gasteiger charge is -2.11. The number of carbonyl (C=O) groups is 1. The Hall–Kier alpha value is -1.59. The van der Waals surface area contributed by atoms with E-state index in [1.165, 1.54) is 0 Å². The number of aliphatic hydroxyl groups is 1. The minimum Gasteiger partial charge on any atom is -0.483 e. The van der Waals surface area contributed by atoms with Crippen molar-refractivity contribution in [1.29, 1.82) is 0 Å². The fourth-order valence-electron chi connectivity index (χ4n) is 1.27. The van der Waals surface area contributed by atoms with Crippen LogP contribution in [0.5, 0.6) is 5.75 Å². The first-order chi connectivity index (χ1) is 8.13. The number of ether oxygens (including phenoxy) is 1. The topological polar surface area (TPSA) is 84.6 Å². The van der Waals surface area contributed by atoms with Gasteiger partial charge in [-0.1, -0.05) is 18.2 Å². The average molecular weight is 238 g/mol. The molecule has 0 heterocycles. The third kappa shape index (κ3) is 4.84. The summed E-state index contributed by atoms with van der Waals surface area (Å²) in [7, 11) is 0. The highest BCUT2D eigenvalue weighted by Gasteiger charge is 2.06. The summed E-state index contributed by atoms with van der Waals surface area (Å²) in [5, 5.41) is 11.5. The second kappa shape index (κ2) is 6.88. The number of hydrogen-bond acceptors (Lipinski definition) is 4. The van der Waals surface area contributed by atoms with Crippen LogP contribution in [0.1, 0.15) is 12.5 Å². The van der Waals surface area contributed by atoms with Crippen LogP contribution >= 0.6 is 0 Å². The van der Waals surface area contributed by atoms with Gasteiger partial charge in [0.15, 0.2) is 6.61 Å². The minimum atomic E-state index is -0.560. The normalized spacial score (nSPS) is 11.9. The Labute approximate surface area is 101 Å². The van der Waals surface area contributed by atoms with Gasteiger partial charge in [-0.25, -0.2) is 0 Å². The Kier molecular flexibility index (Phi) is 5.45. The van der Waals surface area contributed by atoms with Crippen LogP contribution in [-0.4, -0.2) is 30.3 Å². The van der Waals surface area contributed by atoms with Crippen LogP contribution in [0.4, 0.5) is 0 Å². The fraction of sp³-hybridized carbons (Fsp3) is 0.417. The van der Waals surface area contributed by atoms with Gasteiger partial charge in [0.1, 0.15) is 5.75 Å². The maximum Gasteiger partial charge on any atom is 0.258 e. The lowest BCUT2D eigenvalue weighted by Crippen LogP contribution is -2.34. The maximum atomic E-state index is 11.3. The molecule has 0 fully saturated rings. The van der Waals surface area contributed by atoms with Gasteiger partial charge in [0.2, 0.25) is 0 Å². The minimum absolute atomic E-state index is 0.0796. The molecule has 0 bridgehead atoms. The number of nitrogens with two attached hydrogens (primary N) is 1. The SMILES string of the molecule is C[C@@H](O)CNC(=O)COc1ccccc1CN. The molecule has 4 N–H and O–H groups in total. The Morgan fingerprint density at radius 1 is 1.53 bits per heavy atom. The van der Waals surface area contributed by atoms with E-state index >= 15 is 0 Å². The summed E-state index contributed by atoms with van der Waals surface area (Å²) in [6.07, 6.45) is -0.560. The average Bonchev–Trinajstić information content (AvgIpc) is 2.34. The van der Waals surface area contributed by atoms with Crippen molar-refractivity contribution in [2.45, 2.75) is 19.6 Å². The predicted octanol–water partition coefficient (Wildman–Crippen LogP) is 0.0211. The summed E-state index contributed by atoms with van der Waals surface area (Å²) < 4.78 is 5.35. The Bertz CT molecular complexity index is 367. The third-order valence-electron chi connectivity index (χ3n) is 2.15. The molecule has 1 atom stereocenters. The number of hydrogen-bond donors (Lipinski definition) is 3. The molecule has 94 valence electrons. The third-order valence-corrected chi connectivity index (χ3v) is 2.15. The van der Waals surface area contributed by atoms with E-state index in [2.05, 4.69) is 5.32 Å². The van der Waals surface area contributed by atoms with Gasteiger partial charge in [0, 0.05) is 18.7 Å². The molecular formula is C12H18N2O3. The van der Waals surface area contributed by atoms with E-state index in [0.717, 1.165) is 5.56 Å². The summed E-state index contributed by atoms with van der Waals surface area (Å²) in [6.45, 7) is 2.11.